The van der Waals surface area contributed by atoms with Gasteiger partial charge in [-0.25, -0.2) is 0 Å². The van der Waals surface area contributed by atoms with Crippen LogP contribution in [0, 0.1) is 0 Å². The highest BCUT2D eigenvalue weighted by Gasteiger charge is 2.15. The van der Waals surface area contributed by atoms with Gasteiger partial charge in [0.05, 0.1) is 17.2 Å². The van der Waals surface area contributed by atoms with Crippen LogP contribution in [-0.4, -0.2) is 27.2 Å². The largest absolute Gasteiger partial charge is 0.493 e. The van der Waals surface area contributed by atoms with Crippen molar-refractivity contribution in [1.82, 2.24) is 10.6 Å². The fourth-order valence-electron chi connectivity index (χ4n) is 2.45. The number of methoxy groups -OCH3 is 1. The Morgan fingerprint density at radius 2 is 1.88 bits per heavy atom. The van der Waals surface area contributed by atoms with Crippen molar-refractivity contribution in [3.63, 3.8) is 0 Å². The molecule has 0 aromatic heterocycles. The predicted octanol–water partition coefficient (Wildman–Crippen LogP) is 5.04. The zero-order chi connectivity index (χ0) is 18.9. The van der Waals surface area contributed by atoms with E-state index in [1.807, 2.05) is 31.3 Å². The Morgan fingerprint density at radius 3 is 2.58 bits per heavy atom. The summed E-state index contributed by atoms with van der Waals surface area (Å²) in [5.41, 5.74) is 1.96. The molecule has 0 saturated carbocycles. The first-order valence-corrected chi connectivity index (χ1v) is 9.89. The minimum Gasteiger partial charge on any atom is -0.493 e. The van der Waals surface area contributed by atoms with Gasteiger partial charge in [-0.15, -0.1) is 0 Å². The molecule has 7 heteroatoms. The lowest BCUT2D eigenvalue weighted by Crippen LogP contribution is -2.20. The van der Waals surface area contributed by atoms with Crippen molar-refractivity contribution in [2.45, 2.75) is 19.6 Å². The monoisotopic (exact) mass is 460 g/mol. The van der Waals surface area contributed by atoms with Crippen LogP contribution in [-0.2, 0) is 13.2 Å². The molecule has 2 N–H and O–H groups in total. The van der Waals surface area contributed by atoms with E-state index in [9.17, 15) is 0 Å². The fraction of sp³-hybridized carbons (Fsp3) is 0.368. The van der Waals surface area contributed by atoms with Crippen molar-refractivity contribution >= 4 is 39.1 Å². The van der Waals surface area contributed by atoms with E-state index in [0.717, 1.165) is 35.1 Å². The average Bonchev–Trinajstić information content (AvgIpc) is 2.64. The Kier molecular flexibility index (Phi) is 9.02. The lowest BCUT2D eigenvalue weighted by atomic mass is 10.1. The SMILES string of the molecule is CNCCCNCc1c(Br)ccc(OC)c1OCc1ccc(Cl)c(Cl)c1. The van der Waals surface area contributed by atoms with Crippen LogP contribution >= 0.6 is 39.1 Å². The van der Waals surface area contributed by atoms with Crippen LogP contribution in [0.1, 0.15) is 17.5 Å². The Labute approximate surface area is 173 Å². The minimum atomic E-state index is 0.371. The van der Waals surface area contributed by atoms with Gasteiger partial charge in [0.2, 0.25) is 0 Å². The summed E-state index contributed by atoms with van der Waals surface area (Å²) in [5.74, 6) is 1.41. The van der Waals surface area contributed by atoms with E-state index in [4.69, 9.17) is 32.7 Å². The van der Waals surface area contributed by atoms with Crippen LogP contribution in [0.25, 0.3) is 0 Å². The molecule has 0 atom stereocenters. The summed E-state index contributed by atoms with van der Waals surface area (Å²) in [7, 11) is 3.59. The second kappa shape index (κ2) is 11.0. The molecule has 0 radical (unpaired) electrons. The van der Waals surface area contributed by atoms with Gasteiger partial charge < -0.3 is 20.1 Å². The van der Waals surface area contributed by atoms with E-state index >= 15 is 0 Å². The summed E-state index contributed by atoms with van der Waals surface area (Å²) < 4.78 is 12.6. The molecule has 0 aliphatic heterocycles. The van der Waals surface area contributed by atoms with Crippen LogP contribution in [0.4, 0.5) is 0 Å². The molecule has 142 valence electrons. The van der Waals surface area contributed by atoms with E-state index in [1.165, 1.54) is 0 Å². The Hall–Kier alpha value is -0.980. The second-order valence-electron chi connectivity index (χ2n) is 5.73. The van der Waals surface area contributed by atoms with Crippen molar-refractivity contribution in [1.29, 1.82) is 0 Å². The molecule has 0 aliphatic carbocycles. The van der Waals surface area contributed by atoms with Gasteiger partial charge >= 0.3 is 0 Å². The molecule has 0 fully saturated rings. The van der Waals surface area contributed by atoms with Crippen LogP contribution in [0.3, 0.4) is 0 Å². The molecule has 2 aromatic rings. The lowest BCUT2D eigenvalue weighted by Gasteiger charge is -2.17. The van der Waals surface area contributed by atoms with E-state index in [0.29, 0.717) is 34.7 Å². The first kappa shape index (κ1) is 21.3. The lowest BCUT2D eigenvalue weighted by molar-refractivity contribution is 0.280. The molecule has 0 aliphatic rings. The molecule has 26 heavy (non-hydrogen) atoms. The molecule has 0 unspecified atom stereocenters. The summed E-state index contributed by atoms with van der Waals surface area (Å²) in [5, 5.41) is 7.62. The minimum absolute atomic E-state index is 0.371. The third-order valence-electron chi connectivity index (χ3n) is 3.84. The topological polar surface area (TPSA) is 42.5 Å². The maximum atomic E-state index is 6.09. The molecule has 0 amide bonds. The van der Waals surface area contributed by atoms with E-state index in [1.54, 1.807) is 13.2 Å². The highest BCUT2D eigenvalue weighted by atomic mass is 79.9. The number of halogens is 3. The fourth-order valence-corrected chi connectivity index (χ4v) is 3.23. The number of nitrogens with one attached hydrogen (secondary N) is 2. The summed E-state index contributed by atoms with van der Waals surface area (Å²) >= 11 is 15.7. The van der Waals surface area contributed by atoms with Crippen LogP contribution in [0.2, 0.25) is 10.0 Å². The summed E-state index contributed by atoms with van der Waals surface area (Å²) in [4.78, 5) is 0. The van der Waals surface area contributed by atoms with Crippen molar-refractivity contribution < 1.29 is 9.47 Å². The van der Waals surface area contributed by atoms with E-state index in [2.05, 4.69) is 26.6 Å². The predicted molar refractivity (Wildman–Crippen MR) is 112 cm³/mol. The van der Waals surface area contributed by atoms with Gasteiger partial charge in [0.15, 0.2) is 11.5 Å². The standard InChI is InChI=1S/C19H23BrCl2N2O2/c1-23-8-3-9-24-11-14-15(20)5-7-18(25-2)19(14)26-12-13-4-6-16(21)17(22)10-13/h4-7,10,23-24H,3,8-9,11-12H2,1-2H3. The molecule has 2 rings (SSSR count). The van der Waals surface area contributed by atoms with Crippen LogP contribution in [0.15, 0.2) is 34.8 Å². The van der Waals surface area contributed by atoms with Gasteiger partial charge in [-0.05, 0) is 56.4 Å². The third-order valence-corrected chi connectivity index (χ3v) is 5.32. The van der Waals surface area contributed by atoms with E-state index < -0.39 is 0 Å². The summed E-state index contributed by atoms with van der Waals surface area (Å²) in [6.45, 7) is 2.94. The highest BCUT2D eigenvalue weighted by Crippen LogP contribution is 2.37. The van der Waals surface area contributed by atoms with Crippen LogP contribution < -0.4 is 20.1 Å². The molecule has 0 saturated heterocycles. The van der Waals surface area contributed by atoms with Gasteiger partial charge in [0.1, 0.15) is 6.61 Å². The summed E-state index contributed by atoms with van der Waals surface area (Å²) in [6.07, 6.45) is 1.05. The smallest absolute Gasteiger partial charge is 0.167 e. The zero-order valence-electron chi connectivity index (χ0n) is 14.9. The number of rotatable bonds is 10. The van der Waals surface area contributed by atoms with Gasteiger partial charge in [0, 0.05) is 16.6 Å². The third kappa shape index (κ3) is 6.03. The highest BCUT2D eigenvalue weighted by molar-refractivity contribution is 9.10. The molecule has 0 spiro atoms. The molecular formula is C19H23BrCl2N2O2. The van der Waals surface area contributed by atoms with Crippen molar-refractivity contribution in [3.8, 4) is 11.5 Å². The molecule has 2 aromatic carbocycles. The van der Waals surface area contributed by atoms with Gasteiger partial charge in [-0.3, -0.25) is 0 Å². The van der Waals surface area contributed by atoms with Crippen LogP contribution in [0.5, 0.6) is 11.5 Å². The number of benzene rings is 2. The Bertz CT molecular complexity index is 729. The normalized spacial score (nSPS) is 10.8. The van der Waals surface area contributed by atoms with Crippen molar-refractivity contribution in [2.24, 2.45) is 0 Å². The Balaban J connectivity index is 2.13. The molecule has 0 heterocycles. The molecule has 0 bridgehead atoms. The number of hydrogen-bond donors (Lipinski definition) is 2. The van der Waals surface area contributed by atoms with Gasteiger partial charge in [-0.1, -0.05) is 45.2 Å². The quantitative estimate of drug-likeness (QED) is 0.486. The summed E-state index contributed by atoms with van der Waals surface area (Å²) in [6, 6.07) is 9.33. The molecular weight excluding hydrogens is 439 g/mol. The Morgan fingerprint density at radius 1 is 1.08 bits per heavy atom. The zero-order valence-corrected chi connectivity index (χ0v) is 18.0. The molecule has 4 nitrogen and oxygen atoms in total. The average molecular weight is 462 g/mol. The maximum absolute atomic E-state index is 6.09. The van der Waals surface area contributed by atoms with Gasteiger partial charge in [-0.2, -0.15) is 0 Å². The first-order chi connectivity index (χ1) is 12.6. The number of ether oxygens (including phenoxy) is 2. The first-order valence-electron chi connectivity index (χ1n) is 8.34. The van der Waals surface area contributed by atoms with E-state index in [-0.39, 0.29) is 0 Å². The number of hydrogen-bond acceptors (Lipinski definition) is 4. The van der Waals surface area contributed by atoms with Gasteiger partial charge in [0.25, 0.3) is 0 Å². The maximum Gasteiger partial charge on any atom is 0.167 e. The van der Waals surface area contributed by atoms with Crippen molar-refractivity contribution in [3.05, 3.63) is 56.0 Å². The van der Waals surface area contributed by atoms with Crippen molar-refractivity contribution in [2.75, 3.05) is 27.2 Å². The second-order valence-corrected chi connectivity index (χ2v) is 7.40.